The number of fused-ring (bicyclic) bond motifs is 2. The Labute approximate surface area is 201 Å². The number of aromatic nitrogens is 3. The van der Waals surface area contributed by atoms with E-state index in [4.69, 9.17) is 0 Å². The molecule has 1 aromatic carbocycles. The first-order valence-corrected chi connectivity index (χ1v) is 12.0. The summed E-state index contributed by atoms with van der Waals surface area (Å²) in [5.41, 5.74) is 3.88. The average Bonchev–Trinajstić information content (AvgIpc) is 3.25. The van der Waals surface area contributed by atoms with Crippen LogP contribution < -0.4 is 0 Å². The van der Waals surface area contributed by atoms with Crippen molar-refractivity contribution in [3.8, 4) is 0 Å². The number of aliphatic hydroxyl groups is 1. The van der Waals surface area contributed by atoms with Gasteiger partial charge >= 0.3 is 6.18 Å². The van der Waals surface area contributed by atoms with Gasteiger partial charge < -0.3 is 5.11 Å². The zero-order valence-electron chi connectivity index (χ0n) is 19.6. The Morgan fingerprint density at radius 1 is 1.11 bits per heavy atom. The van der Waals surface area contributed by atoms with Crippen LogP contribution >= 0.6 is 0 Å². The zero-order chi connectivity index (χ0) is 24.7. The molecule has 0 radical (unpaired) electrons. The molecule has 1 aliphatic heterocycles. The van der Waals surface area contributed by atoms with E-state index in [9.17, 15) is 23.1 Å². The number of alkyl halides is 3. The topological polar surface area (TPSA) is 68.0 Å². The summed E-state index contributed by atoms with van der Waals surface area (Å²) in [5.74, 6) is -1.43. The van der Waals surface area contributed by atoms with Gasteiger partial charge in [-0.15, -0.1) is 0 Å². The highest BCUT2D eigenvalue weighted by molar-refractivity contribution is 5.99. The molecule has 2 aromatic heterocycles. The molecular weight excluding hydrogens is 455 g/mol. The number of aliphatic hydroxyl groups excluding tert-OH is 1. The molecule has 5 rings (SSSR count). The van der Waals surface area contributed by atoms with Crippen LogP contribution in [0.3, 0.4) is 0 Å². The lowest BCUT2D eigenvalue weighted by Gasteiger charge is -2.38. The van der Waals surface area contributed by atoms with Crippen LogP contribution in [-0.2, 0) is 24.2 Å². The van der Waals surface area contributed by atoms with E-state index in [2.05, 4.69) is 10.1 Å². The first-order chi connectivity index (χ1) is 16.7. The van der Waals surface area contributed by atoms with Crippen molar-refractivity contribution in [2.75, 3.05) is 0 Å². The van der Waals surface area contributed by atoms with Crippen LogP contribution in [-0.4, -0.2) is 31.8 Å². The normalized spacial score (nSPS) is 22.9. The second-order valence-electron chi connectivity index (χ2n) is 9.86. The molecule has 184 valence electrons. The molecule has 1 saturated carbocycles. The third kappa shape index (κ3) is 4.63. The van der Waals surface area contributed by atoms with Crippen molar-refractivity contribution in [3.05, 3.63) is 70.8 Å². The minimum absolute atomic E-state index is 0.0226. The summed E-state index contributed by atoms with van der Waals surface area (Å²) in [6.07, 6.45) is 0.947. The predicted octanol–water partition coefficient (Wildman–Crippen LogP) is 5.52. The minimum Gasteiger partial charge on any atom is -0.390 e. The molecule has 35 heavy (non-hydrogen) atoms. The smallest absolute Gasteiger partial charge is 0.390 e. The lowest BCUT2D eigenvalue weighted by Crippen LogP contribution is -2.36. The number of halogens is 3. The van der Waals surface area contributed by atoms with E-state index < -0.39 is 18.1 Å². The fourth-order valence-electron chi connectivity index (χ4n) is 5.81. The Hall–Kier alpha value is -3.00. The molecule has 0 spiro atoms. The number of hydrogen-bond donors (Lipinski definition) is 1. The van der Waals surface area contributed by atoms with Gasteiger partial charge in [-0.3, -0.25) is 14.5 Å². The van der Waals surface area contributed by atoms with Crippen LogP contribution in [0, 0.1) is 11.8 Å². The first kappa shape index (κ1) is 23.7. The number of Topliss-reactive ketones (excluding diaryl/α,β-unsaturated/α-hetero) is 1. The summed E-state index contributed by atoms with van der Waals surface area (Å²) < 4.78 is 41.7. The van der Waals surface area contributed by atoms with Gasteiger partial charge in [-0.05, 0) is 61.6 Å². The SMILES string of the molecule is CC1=C(C(=O)Cc2ccc3cnccc3c2)C(C2CCC(C(F)(F)F)CC2)n2nc(CO)cc2C1. The molecule has 1 fully saturated rings. The van der Waals surface area contributed by atoms with Crippen molar-refractivity contribution < 1.29 is 23.1 Å². The van der Waals surface area contributed by atoms with Crippen molar-refractivity contribution in [3.63, 3.8) is 0 Å². The van der Waals surface area contributed by atoms with Crippen molar-refractivity contribution in [1.82, 2.24) is 14.8 Å². The Balaban J connectivity index is 1.46. The number of benzene rings is 1. The monoisotopic (exact) mass is 483 g/mol. The van der Waals surface area contributed by atoms with Gasteiger partial charge in [0.2, 0.25) is 0 Å². The number of nitrogens with zero attached hydrogens (tertiary/aromatic N) is 3. The number of ketones is 1. The van der Waals surface area contributed by atoms with Gasteiger partial charge in [0.1, 0.15) is 0 Å². The van der Waals surface area contributed by atoms with Crippen LogP contribution in [0.1, 0.15) is 55.6 Å². The Morgan fingerprint density at radius 2 is 1.89 bits per heavy atom. The van der Waals surface area contributed by atoms with E-state index in [1.54, 1.807) is 17.1 Å². The number of rotatable bonds is 5. The van der Waals surface area contributed by atoms with Crippen molar-refractivity contribution in [1.29, 1.82) is 0 Å². The number of carbonyl (C=O) groups excluding carboxylic acids is 1. The summed E-state index contributed by atoms with van der Waals surface area (Å²) in [5, 5.41) is 16.2. The third-order valence-corrected chi connectivity index (χ3v) is 7.54. The number of hydrogen-bond acceptors (Lipinski definition) is 4. The largest absolute Gasteiger partial charge is 0.391 e. The van der Waals surface area contributed by atoms with E-state index in [0.29, 0.717) is 30.5 Å². The second kappa shape index (κ2) is 9.22. The quantitative estimate of drug-likeness (QED) is 0.519. The molecule has 3 heterocycles. The lowest BCUT2D eigenvalue weighted by atomic mass is 9.73. The van der Waals surface area contributed by atoms with E-state index in [-0.39, 0.29) is 37.6 Å². The van der Waals surface area contributed by atoms with Gasteiger partial charge in [-0.2, -0.15) is 18.3 Å². The summed E-state index contributed by atoms with van der Waals surface area (Å²) in [6, 6.07) is 9.18. The predicted molar refractivity (Wildman–Crippen MR) is 126 cm³/mol. The van der Waals surface area contributed by atoms with E-state index in [1.165, 1.54) is 0 Å². The molecule has 1 unspecified atom stereocenters. The van der Waals surface area contributed by atoms with Crippen LogP contribution in [0.5, 0.6) is 0 Å². The molecule has 1 aliphatic carbocycles. The summed E-state index contributed by atoms with van der Waals surface area (Å²) in [6.45, 7) is 1.71. The van der Waals surface area contributed by atoms with Crippen LogP contribution in [0.15, 0.2) is 53.9 Å². The Kier molecular flexibility index (Phi) is 6.25. The highest BCUT2D eigenvalue weighted by Crippen LogP contribution is 2.47. The molecular formula is C27H28F3N3O2. The summed E-state index contributed by atoms with van der Waals surface area (Å²) in [4.78, 5) is 17.9. The van der Waals surface area contributed by atoms with Gasteiger partial charge in [-0.1, -0.05) is 23.8 Å². The summed E-state index contributed by atoms with van der Waals surface area (Å²) in [7, 11) is 0. The lowest BCUT2D eigenvalue weighted by molar-refractivity contribution is -0.184. The maximum Gasteiger partial charge on any atom is 0.391 e. The molecule has 2 aliphatic rings. The highest BCUT2D eigenvalue weighted by Gasteiger charge is 2.45. The molecule has 0 saturated heterocycles. The fraction of sp³-hybridized carbons (Fsp3) is 0.444. The van der Waals surface area contributed by atoms with E-state index >= 15 is 0 Å². The van der Waals surface area contributed by atoms with Crippen molar-refractivity contribution >= 4 is 16.6 Å². The van der Waals surface area contributed by atoms with Crippen LogP contribution in [0.4, 0.5) is 13.2 Å². The van der Waals surface area contributed by atoms with Gasteiger partial charge in [0.05, 0.1) is 24.3 Å². The molecule has 1 N–H and O–H groups in total. The molecule has 8 heteroatoms. The van der Waals surface area contributed by atoms with E-state index in [0.717, 1.165) is 27.6 Å². The average molecular weight is 484 g/mol. The number of pyridine rings is 1. The van der Waals surface area contributed by atoms with Crippen LogP contribution in [0.2, 0.25) is 0 Å². The standard InChI is InChI=1S/C27H28F3N3O2/c1-16-10-23-13-22(15-34)32-33(23)26(18-4-6-21(7-5-18)27(28,29)30)25(16)24(35)12-17-2-3-20-14-31-9-8-19(20)11-17/h2-3,8-9,11,13-14,18,21,26,34H,4-7,10,12,15H2,1H3. The molecule has 5 nitrogen and oxygen atoms in total. The van der Waals surface area contributed by atoms with Crippen molar-refractivity contribution in [2.45, 2.75) is 64.3 Å². The van der Waals surface area contributed by atoms with Gasteiger partial charge in [0, 0.05) is 41.9 Å². The fourth-order valence-corrected chi connectivity index (χ4v) is 5.81. The zero-order valence-corrected chi connectivity index (χ0v) is 19.6. The number of carbonyl (C=O) groups is 1. The van der Waals surface area contributed by atoms with Crippen LogP contribution in [0.25, 0.3) is 10.8 Å². The van der Waals surface area contributed by atoms with Crippen molar-refractivity contribution in [2.24, 2.45) is 11.8 Å². The number of allylic oxidation sites excluding steroid dienone is 2. The molecule has 3 aromatic rings. The van der Waals surface area contributed by atoms with Gasteiger partial charge in [-0.25, -0.2) is 0 Å². The molecule has 1 atom stereocenters. The maximum atomic E-state index is 13.7. The van der Waals surface area contributed by atoms with Gasteiger partial charge in [0.15, 0.2) is 5.78 Å². The Bertz CT molecular complexity index is 1290. The first-order valence-electron chi connectivity index (χ1n) is 12.0. The Morgan fingerprint density at radius 3 is 2.60 bits per heavy atom. The van der Waals surface area contributed by atoms with Gasteiger partial charge in [0.25, 0.3) is 0 Å². The molecule has 0 amide bonds. The third-order valence-electron chi connectivity index (χ3n) is 7.54. The van der Waals surface area contributed by atoms with E-state index in [1.807, 2.05) is 37.3 Å². The second-order valence-corrected chi connectivity index (χ2v) is 9.86. The molecule has 0 bridgehead atoms. The summed E-state index contributed by atoms with van der Waals surface area (Å²) >= 11 is 0. The minimum atomic E-state index is -4.19. The highest BCUT2D eigenvalue weighted by atomic mass is 19.4. The maximum absolute atomic E-state index is 13.7.